The van der Waals surface area contributed by atoms with Crippen molar-refractivity contribution in [2.45, 2.75) is 38.1 Å². The third-order valence-electron chi connectivity index (χ3n) is 8.73. The van der Waals surface area contributed by atoms with Crippen molar-refractivity contribution in [3.8, 4) is 11.4 Å². The van der Waals surface area contributed by atoms with Crippen LogP contribution < -0.4 is 16.2 Å². The first-order chi connectivity index (χ1) is 19.1. The van der Waals surface area contributed by atoms with E-state index in [0.717, 1.165) is 85.4 Å². The van der Waals surface area contributed by atoms with E-state index >= 15 is 0 Å². The summed E-state index contributed by atoms with van der Waals surface area (Å²) in [6.07, 6.45) is 4.91. The van der Waals surface area contributed by atoms with Crippen molar-refractivity contribution >= 4 is 39.2 Å². The van der Waals surface area contributed by atoms with Gasteiger partial charge in [0, 0.05) is 49.7 Å². The van der Waals surface area contributed by atoms with Crippen LogP contribution in [0, 0.1) is 5.92 Å². The predicted octanol–water partition coefficient (Wildman–Crippen LogP) is 4.00. The van der Waals surface area contributed by atoms with Gasteiger partial charge >= 0.3 is 0 Å². The zero-order chi connectivity index (χ0) is 26.3. The lowest BCUT2D eigenvalue weighted by Crippen LogP contribution is -2.53. The Morgan fingerprint density at radius 3 is 2.64 bits per heavy atom. The number of amides is 1. The van der Waals surface area contributed by atoms with Crippen LogP contribution in [0.25, 0.3) is 33.3 Å². The van der Waals surface area contributed by atoms with Crippen molar-refractivity contribution in [1.29, 1.82) is 0 Å². The molecule has 1 atom stereocenters. The number of aromatic amines is 2. The number of para-hydroxylation sites is 2. The smallest absolute Gasteiger partial charge is 0.261 e. The van der Waals surface area contributed by atoms with Crippen molar-refractivity contribution in [1.82, 2.24) is 24.8 Å². The van der Waals surface area contributed by atoms with E-state index in [4.69, 9.17) is 4.98 Å². The summed E-state index contributed by atoms with van der Waals surface area (Å²) in [6.45, 7) is 5.75. The molecule has 8 rings (SSSR count). The zero-order valence-electron chi connectivity index (χ0n) is 22.1. The number of rotatable bonds is 8. The first-order valence-corrected chi connectivity index (χ1v) is 14.3. The van der Waals surface area contributed by atoms with Crippen LogP contribution in [0.5, 0.6) is 0 Å². The molecular formula is C30H35N7O2. The van der Waals surface area contributed by atoms with Crippen LogP contribution in [0.1, 0.15) is 32.1 Å². The number of carbonyl (C=O) groups excluding carboxylic acids is 1. The Balaban J connectivity index is 1.21. The van der Waals surface area contributed by atoms with Gasteiger partial charge in [-0.05, 0) is 75.0 Å². The molecular weight excluding hydrogens is 490 g/mol. The fraction of sp³-hybridized carbons (Fsp3) is 0.433. The van der Waals surface area contributed by atoms with E-state index in [-0.39, 0.29) is 11.5 Å². The second-order valence-corrected chi connectivity index (χ2v) is 11.2. The van der Waals surface area contributed by atoms with Gasteiger partial charge in [0.25, 0.3) is 5.56 Å². The zero-order valence-corrected chi connectivity index (χ0v) is 22.1. The highest BCUT2D eigenvalue weighted by molar-refractivity contribution is 6.00. The lowest BCUT2D eigenvalue weighted by molar-refractivity contribution is -0.127. The number of nitrogens with zero attached hydrogens (tertiary/aromatic N) is 3. The van der Waals surface area contributed by atoms with Crippen LogP contribution in [0.15, 0.2) is 47.3 Å². The van der Waals surface area contributed by atoms with Gasteiger partial charge in [-0.2, -0.15) is 0 Å². The van der Waals surface area contributed by atoms with Gasteiger partial charge in [-0.3, -0.25) is 9.59 Å². The number of hydrogen-bond donors (Lipinski definition) is 4. The summed E-state index contributed by atoms with van der Waals surface area (Å²) < 4.78 is 0. The number of fused-ring (bicyclic) bond motifs is 5. The first kappa shape index (κ1) is 24.2. The number of nitrogens with one attached hydrogen (secondary N) is 4. The van der Waals surface area contributed by atoms with E-state index in [0.29, 0.717) is 29.8 Å². The SMILES string of the molecule is O=C1CCCN1CCCNc1ccc2c(N[C@H]3CN4CCC3CC4)c(-c3nc4ccccc4[nH]3)c(=O)[nH]c2c1. The van der Waals surface area contributed by atoms with E-state index in [9.17, 15) is 9.59 Å². The minimum atomic E-state index is -0.157. The maximum atomic E-state index is 13.7. The predicted molar refractivity (Wildman–Crippen MR) is 155 cm³/mol. The Hall–Kier alpha value is -3.85. The van der Waals surface area contributed by atoms with Gasteiger partial charge in [-0.1, -0.05) is 12.1 Å². The maximum absolute atomic E-state index is 13.7. The molecule has 0 saturated carbocycles. The molecule has 4 N–H and O–H groups in total. The van der Waals surface area contributed by atoms with Crippen LogP contribution in [0.2, 0.25) is 0 Å². The number of H-pyrrole nitrogens is 2. The molecule has 0 radical (unpaired) electrons. The lowest BCUT2D eigenvalue weighted by Gasteiger charge is -2.45. The summed E-state index contributed by atoms with van der Waals surface area (Å²) in [6, 6.07) is 14.4. The summed E-state index contributed by atoms with van der Waals surface area (Å²) in [5.41, 5.74) is 4.76. The molecule has 0 unspecified atom stereocenters. The highest BCUT2D eigenvalue weighted by Gasteiger charge is 2.35. The Bertz CT molecular complexity index is 1550. The van der Waals surface area contributed by atoms with Gasteiger partial charge in [0.05, 0.1) is 22.2 Å². The van der Waals surface area contributed by atoms with Crippen molar-refractivity contribution in [2.75, 3.05) is 49.9 Å². The molecule has 39 heavy (non-hydrogen) atoms. The molecule has 4 aliphatic heterocycles. The molecule has 4 fully saturated rings. The molecule has 4 aliphatic rings. The van der Waals surface area contributed by atoms with Crippen LogP contribution >= 0.6 is 0 Å². The monoisotopic (exact) mass is 525 g/mol. The third kappa shape index (κ3) is 4.65. The molecule has 0 spiro atoms. The number of anilines is 2. The number of piperidine rings is 3. The molecule has 202 valence electrons. The van der Waals surface area contributed by atoms with Crippen LogP contribution in [0.3, 0.4) is 0 Å². The highest BCUT2D eigenvalue weighted by atomic mass is 16.2. The summed E-state index contributed by atoms with van der Waals surface area (Å²) in [5, 5.41) is 8.29. The average Bonchev–Trinajstić information content (AvgIpc) is 3.57. The lowest BCUT2D eigenvalue weighted by atomic mass is 9.83. The fourth-order valence-corrected chi connectivity index (χ4v) is 6.61. The van der Waals surface area contributed by atoms with E-state index in [1.807, 2.05) is 35.2 Å². The Labute approximate surface area is 227 Å². The van der Waals surface area contributed by atoms with Gasteiger partial charge < -0.3 is 30.4 Å². The Morgan fingerprint density at radius 2 is 1.87 bits per heavy atom. The molecule has 9 heteroatoms. The molecule has 4 saturated heterocycles. The number of aromatic nitrogens is 3. The molecule has 6 heterocycles. The maximum Gasteiger partial charge on any atom is 0.261 e. The molecule has 1 amide bonds. The molecule has 2 aromatic heterocycles. The largest absolute Gasteiger partial charge is 0.385 e. The number of benzene rings is 2. The summed E-state index contributed by atoms with van der Waals surface area (Å²) >= 11 is 0. The average molecular weight is 526 g/mol. The molecule has 0 aliphatic carbocycles. The minimum absolute atomic E-state index is 0.157. The minimum Gasteiger partial charge on any atom is -0.385 e. The quantitative estimate of drug-likeness (QED) is 0.259. The first-order valence-electron chi connectivity index (χ1n) is 14.3. The molecule has 2 aromatic carbocycles. The summed E-state index contributed by atoms with van der Waals surface area (Å²) in [7, 11) is 0. The van der Waals surface area contributed by atoms with Crippen molar-refractivity contribution in [3.05, 3.63) is 52.8 Å². The van der Waals surface area contributed by atoms with E-state index in [2.05, 4.69) is 37.6 Å². The second kappa shape index (κ2) is 10.0. The number of pyridine rings is 1. The Kier molecular flexibility index (Phi) is 6.23. The molecule has 9 nitrogen and oxygen atoms in total. The second-order valence-electron chi connectivity index (χ2n) is 11.2. The Morgan fingerprint density at radius 1 is 1.00 bits per heavy atom. The normalized spacial score (nSPS) is 22.7. The van der Waals surface area contributed by atoms with Crippen molar-refractivity contribution < 1.29 is 4.79 Å². The van der Waals surface area contributed by atoms with Gasteiger partial charge in [-0.15, -0.1) is 0 Å². The van der Waals surface area contributed by atoms with Gasteiger partial charge in [0.15, 0.2) is 0 Å². The van der Waals surface area contributed by atoms with Gasteiger partial charge in [0.1, 0.15) is 11.4 Å². The number of likely N-dealkylation sites (tertiary alicyclic amines) is 1. The summed E-state index contributed by atoms with van der Waals surface area (Å²) in [5.74, 6) is 1.46. The van der Waals surface area contributed by atoms with Gasteiger partial charge in [-0.25, -0.2) is 4.98 Å². The topological polar surface area (TPSA) is 109 Å². The number of imidazole rings is 1. The van der Waals surface area contributed by atoms with E-state index in [1.165, 1.54) is 12.8 Å². The molecule has 2 bridgehead atoms. The van der Waals surface area contributed by atoms with Gasteiger partial charge in [0.2, 0.25) is 5.91 Å². The fourth-order valence-electron chi connectivity index (χ4n) is 6.61. The number of hydrogen-bond acceptors (Lipinski definition) is 6. The third-order valence-corrected chi connectivity index (χ3v) is 8.73. The molecule has 4 aromatic rings. The van der Waals surface area contributed by atoms with Crippen molar-refractivity contribution in [2.24, 2.45) is 5.92 Å². The van der Waals surface area contributed by atoms with Crippen LogP contribution in [-0.4, -0.2) is 76.0 Å². The van der Waals surface area contributed by atoms with Crippen LogP contribution in [0.4, 0.5) is 11.4 Å². The standard InChI is InChI=1S/C30H35N7O2/c38-26-7-3-13-37(26)14-4-12-31-20-8-9-21-24(17-20)35-30(39)27(29-33-22-5-1-2-6-23(22)34-29)28(21)32-25-18-36-15-10-19(25)11-16-36/h1-2,5-6,8-9,17,19,25,31H,3-4,7,10-16,18H2,(H,33,34)(H2,32,35,39)/t25-/m0/s1. The number of carbonyl (C=O) groups is 1. The van der Waals surface area contributed by atoms with E-state index in [1.54, 1.807) is 0 Å². The summed E-state index contributed by atoms with van der Waals surface area (Å²) in [4.78, 5) is 41.3. The van der Waals surface area contributed by atoms with Crippen molar-refractivity contribution in [3.63, 3.8) is 0 Å². The van der Waals surface area contributed by atoms with Crippen LogP contribution in [-0.2, 0) is 4.79 Å². The van der Waals surface area contributed by atoms with E-state index < -0.39 is 0 Å². The highest BCUT2D eigenvalue weighted by Crippen LogP contribution is 2.36.